The predicted octanol–water partition coefficient (Wildman–Crippen LogP) is 2.49. The van der Waals surface area contributed by atoms with Gasteiger partial charge in [0.2, 0.25) is 0 Å². The van der Waals surface area contributed by atoms with Gasteiger partial charge in [0.25, 0.3) is 5.91 Å². The molecular weight excluding hydrogens is 359 g/mol. The number of carbonyl (C=O) groups excluding carboxylic acids is 1. The number of halogens is 2. The van der Waals surface area contributed by atoms with Crippen molar-refractivity contribution in [3.8, 4) is 0 Å². The third-order valence-corrected chi connectivity index (χ3v) is 4.46. The number of hydrogen-bond acceptors (Lipinski definition) is 4. The summed E-state index contributed by atoms with van der Waals surface area (Å²) >= 11 is 0. The zero-order chi connectivity index (χ0) is 17.6. The van der Waals surface area contributed by atoms with Crippen LogP contribution in [0.3, 0.4) is 0 Å². The minimum atomic E-state index is -0.339. The maximum absolute atomic E-state index is 13.0. The Bertz CT molecular complexity index is 701. The van der Waals surface area contributed by atoms with Gasteiger partial charge in [-0.2, -0.15) is 5.10 Å². The van der Waals surface area contributed by atoms with E-state index in [4.69, 9.17) is 4.74 Å². The molecule has 0 aliphatic carbocycles. The molecule has 1 aliphatic heterocycles. The highest BCUT2D eigenvalue weighted by molar-refractivity contribution is 5.92. The van der Waals surface area contributed by atoms with Gasteiger partial charge in [0, 0.05) is 26.4 Å². The van der Waals surface area contributed by atoms with Crippen LogP contribution in [0.5, 0.6) is 0 Å². The van der Waals surface area contributed by atoms with Crippen LogP contribution >= 0.6 is 12.4 Å². The summed E-state index contributed by atoms with van der Waals surface area (Å²) in [7, 11) is 1.56. The maximum Gasteiger partial charge on any atom is 0.271 e. The predicted molar refractivity (Wildman–Crippen MR) is 99.1 cm³/mol. The third-order valence-electron chi connectivity index (χ3n) is 4.46. The summed E-state index contributed by atoms with van der Waals surface area (Å²) in [5.41, 5.74) is 1.20. The van der Waals surface area contributed by atoms with Crippen LogP contribution in [0.1, 0.15) is 41.0 Å². The Kier molecular flexibility index (Phi) is 7.56. The first-order valence-electron chi connectivity index (χ1n) is 8.49. The number of methoxy groups -OCH3 is 1. The van der Waals surface area contributed by atoms with Crippen LogP contribution in [-0.4, -0.2) is 42.4 Å². The molecule has 2 aromatic rings. The highest BCUT2D eigenvalue weighted by Gasteiger charge is 2.18. The number of ether oxygens (including phenoxy) is 1. The lowest BCUT2D eigenvalue weighted by molar-refractivity contribution is 0.0823. The van der Waals surface area contributed by atoms with Crippen LogP contribution < -0.4 is 10.6 Å². The first-order chi connectivity index (χ1) is 12.2. The van der Waals surface area contributed by atoms with Gasteiger partial charge >= 0.3 is 0 Å². The van der Waals surface area contributed by atoms with E-state index in [1.165, 1.54) is 12.1 Å². The molecule has 0 spiro atoms. The number of benzene rings is 1. The fourth-order valence-corrected chi connectivity index (χ4v) is 3.01. The van der Waals surface area contributed by atoms with E-state index in [2.05, 4.69) is 15.7 Å². The van der Waals surface area contributed by atoms with Gasteiger partial charge in [-0.3, -0.25) is 9.48 Å². The summed E-state index contributed by atoms with van der Waals surface area (Å²) < 4.78 is 20.3. The van der Waals surface area contributed by atoms with Crippen LogP contribution in [0.15, 0.2) is 36.5 Å². The fraction of sp³-hybridized carbons (Fsp3) is 0.444. The Balaban J connectivity index is 0.00000243. The molecule has 2 N–H and O–H groups in total. The number of carbonyl (C=O) groups is 1. The highest BCUT2D eigenvalue weighted by atomic mass is 35.5. The average molecular weight is 383 g/mol. The standard InChI is InChI=1S/C18H23FN4O2.ClH/c1-25-17(13-4-6-14(19)7-5-13)12-21-18(24)16-8-10-23(22-16)15-3-2-9-20-11-15;/h4-8,10,15,17,20H,2-3,9,11-12H2,1H3,(H,21,24);1H. The monoisotopic (exact) mass is 382 g/mol. The van der Waals surface area contributed by atoms with E-state index >= 15 is 0 Å². The summed E-state index contributed by atoms with van der Waals surface area (Å²) in [4.78, 5) is 12.3. The molecule has 142 valence electrons. The van der Waals surface area contributed by atoms with Crippen molar-refractivity contribution in [2.45, 2.75) is 25.0 Å². The molecule has 1 aliphatic rings. The van der Waals surface area contributed by atoms with Crippen molar-refractivity contribution in [3.05, 3.63) is 53.6 Å². The fourth-order valence-electron chi connectivity index (χ4n) is 3.01. The molecular formula is C18H24ClFN4O2. The molecule has 2 heterocycles. The molecule has 1 saturated heterocycles. The van der Waals surface area contributed by atoms with Gasteiger partial charge in [-0.25, -0.2) is 4.39 Å². The Morgan fingerprint density at radius 3 is 2.85 bits per heavy atom. The van der Waals surface area contributed by atoms with Gasteiger partial charge < -0.3 is 15.4 Å². The van der Waals surface area contributed by atoms with Gasteiger partial charge in [-0.1, -0.05) is 12.1 Å². The van der Waals surface area contributed by atoms with Gasteiger partial charge in [-0.05, 0) is 43.1 Å². The quantitative estimate of drug-likeness (QED) is 0.805. The number of nitrogens with one attached hydrogen (secondary N) is 2. The van der Waals surface area contributed by atoms with E-state index < -0.39 is 0 Å². The molecule has 1 amide bonds. The summed E-state index contributed by atoms with van der Waals surface area (Å²) in [6.07, 6.45) is 3.68. The van der Waals surface area contributed by atoms with Gasteiger partial charge in [0.15, 0.2) is 0 Å². The summed E-state index contributed by atoms with van der Waals surface area (Å²) in [6, 6.07) is 8.08. The Labute approximate surface area is 158 Å². The van der Waals surface area contributed by atoms with Crippen molar-refractivity contribution < 1.29 is 13.9 Å². The second-order valence-electron chi connectivity index (χ2n) is 6.17. The summed E-state index contributed by atoms with van der Waals surface area (Å²) in [6.45, 7) is 2.20. The van der Waals surface area contributed by atoms with Crippen LogP contribution in [0.4, 0.5) is 4.39 Å². The van der Waals surface area contributed by atoms with E-state index in [1.807, 2.05) is 10.9 Å². The van der Waals surface area contributed by atoms with Crippen molar-refractivity contribution in [2.75, 3.05) is 26.7 Å². The Morgan fingerprint density at radius 2 is 2.19 bits per heavy atom. The maximum atomic E-state index is 13.0. The number of hydrogen-bond donors (Lipinski definition) is 2. The van der Waals surface area contributed by atoms with Crippen molar-refractivity contribution in [2.24, 2.45) is 0 Å². The average Bonchev–Trinajstić information content (AvgIpc) is 3.14. The molecule has 2 atom stereocenters. The molecule has 26 heavy (non-hydrogen) atoms. The third kappa shape index (κ3) is 5.03. The van der Waals surface area contributed by atoms with E-state index in [-0.39, 0.29) is 30.2 Å². The summed E-state index contributed by atoms with van der Waals surface area (Å²) in [5.74, 6) is -0.544. The molecule has 3 rings (SSSR count). The van der Waals surface area contributed by atoms with Crippen LogP contribution in [0.2, 0.25) is 0 Å². The number of aromatic nitrogens is 2. The largest absolute Gasteiger partial charge is 0.375 e. The molecule has 1 aromatic heterocycles. The zero-order valence-corrected chi connectivity index (χ0v) is 15.5. The lowest BCUT2D eigenvalue weighted by Gasteiger charge is -2.22. The van der Waals surface area contributed by atoms with E-state index in [0.717, 1.165) is 31.5 Å². The Hall–Kier alpha value is -1.96. The molecule has 2 unspecified atom stereocenters. The molecule has 0 saturated carbocycles. The van der Waals surface area contributed by atoms with Crippen LogP contribution in [-0.2, 0) is 4.74 Å². The van der Waals surface area contributed by atoms with Crippen molar-refractivity contribution in [1.29, 1.82) is 0 Å². The topological polar surface area (TPSA) is 68.2 Å². The Morgan fingerprint density at radius 1 is 1.42 bits per heavy atom. The van der Waals surface area contributed by atoms with E-state index in [9.17, 15) is 9.18 Å². The molecule has 1 fully saturated rings. The van der Waals surface area contributed by atoms with Crippen LogP contribution in [0, 0.1) is 5.82 Å². The highest BCUT2D eigenvalue weighted by Crippen LogP contribution is 2.17. The van der Waals surface area contributed by atoms with Crippen molar-refractivity contribution in [1.82, 2.24) is 20.4 Å². The minimum absolute atomic E-state index is 0. The molecule has 1 aromatic carbocycles. The van der Waals surface area contributed by atoms with Crippen LogP contribution in [0.25, 0.3) is 0 Å². The second kappa shape index (κ2) is 9.66. The lowest BCUT2D eigenvalue weighted by atomic mass is 10.1. The minimum Gasteiger partial charge on any atom is -0.375 e. The van der Waals surface area contributed by atoms with Gasteiger partial charge in [0.1, 0.15) is 11.5 Å². The molecule has 6 nitrogen and oxygen atoms in total. The SMILES string of the molecule is COC(CNC(=O)c1ccn(C2CCCNC2)n1)c1ccc(F)cc1.Cl. The number of amides is 1. The van der Waals surface area contributed by atoms with Gasteiger partial charge in [-0.15, -0.1) is 12.4 Å². The molecule has 0 radical (unpaired) electrons. The summed E-state index contributed by atoms with van der Waals surface area (Å²) in [5, 5.41) is 10.6. The first kappa shape index (κ1) is 20.4. The normalized spacial score (nSPS) is 18.0. The number of piperidine rings is 1. The molecule has 0 bridgehead atoms. The lowest BCUT2D eigenvalue weighted by Crippen LogP contribution is -2.32. The zero-order valence-electron chi connectivity index (χ0n) is 14.7. The second-order valence-corrected chi connectivity index (χ2v) is 6.17. The number of nitrogens with zero attached hydrogens (tertiary/aromatic N) is 2. The first-order valence-corrected chi connectivity index (χ1v) is 8.49. The number of rotatable bonds is 6. The molecule has 8 heteroatoms. The van der Waals surface area contributed by atoms with E-state index in [1.54, 1.807) is 25.3 Å². The van der Waals surface area contributed by atoms with Crippen molar-refractivity contribution >= 4 is 18.3 Å². The van der Waals surface area contributed by atoms with E-state index in [0.29, 0.717) is 18.3 Å². The van der Waals surface area contributed by atoms with Gasteiger partial charge in [0.05, 0.1) is 12.1 Å². The smallest absolute Gasteiger partial charge is 0.271 e. The van der Waals surface area contributed by atoms with Crippen molar-refractivity contribution in [3.63, 3.8) is 0 Å².